The molecule has 122 valence electrons. The zero-order valence-corrected chi connectivity index (χ0v) is 13.4. The fourth-order valence-corrected chi connectivity index (χ4v) is 2.97. The van der Waals surface area contributed by atoms with Gasteiger partial charge in [0.1, 0.15) is 12.1 Å². The van der Waals surface area contributed by atoms with E-state index in [0.29, 0.717) is 24.6 Å². The predicted octanol–water partition coefficient (Wildman–Crippen LogP) is 1.94. The van der Waals surface area contributed by atoms with E-state index in [2.05, 4.69) is 15.1 Å². The summed E-state index contributed by atoms with van der Waals surface area (Å²) >= 11 is 0. The molecule has 1 amide bonds. The van der Waals surface area contributed by atoms with Gasteiger partial charge in [-0.15, -0.1) is 0 Å². The Bertz CT molecular complexity index is 671. The lowest BCUT2D eigenvalue weighted by Crippen LogP contribution is -2.39. The number of hydrogen-bond donors (Lipinski definition) is 0. The van der Waals surface area contributed by atoms with Crippen LogP contribution in [0.3, 0.4) is 0 Å². The zero-order valence-electron chi connectivity index (χ0n) is 13.4. The highest BCUT2D eigenvalue weighted by atomic mass is 16.5. The summed E-state index contributed by atoms with van der Waals surface area (Å²) in [6.45, 7) is 3.46. The second-order valence-electron chi connectivity index (χ2n) is 5.72. The largest absolute Gasteiger partial charge is 0.380 e. The molecule has 0 N–H and O–H groups in total. The first-order valence-electron chi connectivity index (χ1n) is 7.70. The lowest BCUT2D eigenvalue weighted by Gasteiger charge is -2.32. The molecule has 3 rings (SSSR count). The van der Waals surface area contributed by atoms with Gasteiger partial charge in [-0.3, -0.25) is 4.79 Å². The van der Waals surface area contributed by atoms with Crippen LogP contribution in [0.4, 0.5) is 0 Å². The van der Waals surface area contributed by atoms with E-state index in [4.69, 9.17) is 9.26 Å². The minimum absolute atomic E-state index is 0.104. The Labute approximate surface area is 134 Å². The third-order valence-corrected chi connectivity index (χ3v) is 4.21. The number of carbonyl (C=O) groups excluding carboxylic acids is 1. The van der Waals surface area contributed by atoms with Gasteiger partial charge in [0.15, 0.2) is 5.69 Å². The zero-order chi connectivity index (χ0) is 16.2. The first-order chi connectivity index (χ1) is 11.2. The Hall–Kier alpha value is -2.28. The van der Waals surface area contributed by atoms with Crippen LogP contribution in [-0.2, 0) is 11.3 Å². The molecular formula is C16H20N4O3. The van der Waals surface area contributed by atoms with Crippen LogP contribution in [0.25, 0.3) is 0 Å². The average molecular weight is 316 g/mol. The average Bonchev–Trinajstić information content (AvgIpc) is 2.96. The number of likely N-dealkylation sites (tertiary alicyclic amines) is 1. The molecule has 2 aromatic heterocycles. The predicted molar refractivity (Wildman–Crippen MR) is 81.9 cm³/mol. The summed E-state index contributed by atoms with van der Waals surface area (Å²) in [7, 11) is 1.59. The summed E-state index contributed by atoms with van der Waals surface area (Å²) in [5.41, 5.74) is 2.06. The second-order valence-corrected chi connectivity index (χ2v) is 5.72. The van der Waals surface area contributed by atoms with Gasteiger partial charge >= 0.3 is 0 Å². The number of methoxy groups -OCH3 is 1. The summed E-state index contributed by atoms with van der Waals surface area (Å²) in [5.74, 6) is 0.752. The van der Waals surface area contributed by atoms with Gasteiger partial charge in [-0.1, -0.05) is 5.16 Å². The number of aromatic nitrogens is 3. The number of hydrogen-bond acceptors (Lipinski definition) is 6. The van der Waals surface area contributed by atoms with Gasteiger partial charge in [-0.05, 0) is 25.8 Å². The number of nitrogens with zero attached hydrogens (tertiary/aromatic N) is 4. The maximum Gasteiger partial charge on any atom is 0.276 e. The molecule has 0 aliphatic carbocycles. The summed E-state index contributed by atoms with van der Waals surface area (Å²) in [5, 5.41) is 3.94. The van der Waals surface area contributed by atoms with Gasteiger partial charge in [-0.25, -0.2) is 9.97 Å². The van der Waals surface area contributed by atoms with Crippen molar-refractivity contribution in [3.63, 3.8) is 0 Å². The summed E-state index contributed by atoms with van der Waals surface area (Å²) in [4.78, 5) is 22.9. The van der Waals surface area contributed by atoms with Crippen LogP contribution in [0, 0.1) is 6.92 Å². The topological polar surface area (TPSA) is 81.4 Å². The van der Waals surface area contributed by atoms with Gasteiger partial charge < -0.3 is 14.2 Å². The molecule has 3 heterocycles. The summed E-state index contributed by atoms with van der Waals surface area (Å²) < 4.78 is 10.3. The quantitative estimate of drug-likeness (QED) is 0.857. The Morgan fingerprint density at radius 2 is 2.39 bits per heavy atom. The van der Waals surface area contributed by atoms with E-state index in [9.17, 15) is 4.79 Å². The van der Waals surface area contributed by atoms with Crippen molar-refractivity contribution in [2.45, 2.75) is 32.3 Å². The van der Waals surface area contributed by atoms with Crippen molar-refractivity contribution in [3.8, 4) is 0 Å². The molecule has 0 bridgehead atoms. The van der Waals surface area contributed by atoms with Gasteiger partial charge in [0, 0.05) is 38.0 Å². The number of piperidine rings is 1. The van der Waals surface area contributed by atoms with Gasteiger partial charge in [-0.2, -0.15) is 0 Å². The lowest BCUT2D eigenvalue weighted by molar-refractivity contribution is 0.0691. The van der Waals surface area contributed by atoms with E-state index in [1.807, 2.05) is 11.0 Å². The number of rotatable bonds is 4. The highest BCUT2D eigenvalue weighted by Crippen LogP contribution is 2.27. The first-order valence-corrected chi connectivity index (χ1v) is 7.70. The molecule has 0 aromatic carbocycles. The van der Waals surface area contributed by atoms with E-state index in [0.717, 1.165) is 30.6 Å². The Morgan fingerprint density at radius 3 is 3.13 bits per heavy atom. The van der Waals surface area contributed by atoms with E-state index < -0.39 is 0 Å². The third kappa shape index (κ3) is 3.24. The number of ether oxygens (including phenoxy) is 1. The molecule has 0 radical (unpaired) electrons. The third-order valence-electron chi connectivity index (χ3n) is 4.21. The van der Waals surface area contributed by atoms with Gasteiger partial charge in [0.05, 0.1) is 12.2 Å². The van der Waals surface area contributed by atoms with E-state index >= 15 is 0 Å². The molecular weight excluding hydrogens is 296 g/mol. The maximum atomic E-state index is 12.8. The van der Waals surface area contributed by atoms with Gasteiger partial charge in [0.2, 0.25) is 0 Å². The molecule has 1 atom stereocenters. The molecule has 1 fully saturated rings. The number of carbonyl (C=O) groups is 1. The molecule has 0 spiro atoms. The lowest BCUT2D eigenvalue weighted by atomic mass is 9.94. The Balaban J connectivity index is 1.77. The van der Waals surface area contributed by atoms with E-state index in [-0.39, 0.29) is 11.8 Å². The number of amides is 1. The van der Waals surface area contributed by atoms with E-state index in [1.54, 1.807) is 26.6 Å². The minimum Gasteiger partial charge on any atom is -0.380 e. The highest BCUT2D eigenvalue weighted by Gasteiger charge is 2.30. The van der Waals surface area contributed by atoms with Crippen LogP contribution in [-0.4, -0.2) is 46.1 Å². The van der Waals surface area contributed by atoms with Crippen molar-refractivity contribution in [1.82, 2.24) is 20.0 Å². The van der Waals surface area contributed by atoms with Crippen LogP contribution in [0.2, 0.25) is 0 Å². The molecule has 7 nitrogen and oxygen atoms in total. The van der Waals surface area contributed by atoms with Crippen LogP contribution >= 0.6 is 0 Å². The van der Waals surface area contributed by atoms with Crippen LogP contribution in [0.15, 0.2) is 23.1 Å². The standard InChI is InChI=1S/C16H20N4O3/c1-11-13(9-22-2)15(19-23-11)16(21)20-7-3-4-12(8-20)14-5-6-17-10-18-14/h5-6,10,12H,3-4,7-9H2,1-2H3/t12-/m0/s1. The SMILES string of the molecule is COCc1c(C(=O)N2CCC[C@H](c3ccncn3)C2)noc1C. The molecule has 7 heteroatoms. The molecule has 1 aliphatic heterocycles. The van der Waals surface area contributed by atoms with Crippen molar-refractivity contribution in [2.75, 3.05) is 20.2 Å². The first kappa shape index (κ1) is 15.6. The Morgan fingerprint density at radius 1 is 1.52 bits per heavy atom. The molecule has 1 saturated heterocycles. The summed E-state index contributed by atoms with van der Waals surface area (Å²) in [6.07, 6.45) is 5.25. The van der Waals surface area contributed by atoms with Crippen molar-refractivity contribution in [3.05, 3.63) is 41.3 Å². The van der Waals surface area contributed by atoms with Crippen molar-refractivity contribution in [1.29, 1.82) is 0 Å². The van der Waals surface area contributed by atoms with Crippen LogP contribution < -0.4 is 0 Å². The molecule has 0 unspecified atom stereocenters. The van der Waals surface area contributed by atoms with Gasteiger partial charge in [0.25, 0.3) is 5.91 Å². The van der Waals surface area contributed by atoms with Crippen molar-refractivity contribution < 1.29 is 14.1 Å². The minimum atomic E-state index is -0.104. The second kappa shape index (κ2) is 6.87. The fraction of sp³-hybridized carbons (Fsp3) is 0.500. The van der Waals surface area contributed by atoms with Crippen LogP contribution in [0.1, 0.15) is 46.3 Å². The Kier molecular flexibility index (Phi) is 4.66. The fourth-order valence-electron chi connectivity index (χ4n) is 2.97. The van der Waals surface area contributed by atoms with E-state index in [1.165, 1.54) is 0 Å². The normalized spacial score (nSPS) is 18.2. The van der Waals surface area contributed by atoms with Crippen molar-refractivity contribution >= 4 is 5.91 Å². The molecule has 2 aromatic rings. The smallest absolute Gasteiger partial charge is 0.276 e. The van der Waals surface area contributed by atoms with Crippen molar-refractivity contribution in [2.24, 2.45) is 0 Å². The molecule has 0 saturated carbocycles. The maximum absolute atomic E-state index is 12.8. The monoisotopic (exact) mass is 316 g/mol. The number of aryl methyl sites for hydroxylation is 1. The molecule has 23 heavy (non-hydrogen) atoms. The highest BCUT2D eigenvalue weighted by molar-refractivity contribution is 5.93. The van der Waals surface area contributed by atoms with Crippen LogP contribution in [0.5, 0.6) is 0 Å². The molecule has 1 aliphatic rings. The summed E-state index contributed by atoms with van der Waals surface area (Å²) in [6, 6.07) is 1.91.